The Bertz CT molecular complexity index is 760. The number of amidine groups is 1. The summed E-state index contributed by atoms with van der Waals surface area (Å²) in [6, 6.07) is 6.10. The van der Waals surface area contributed by atoms with E-state index >= 15 is 0 Å². The van der Waals surface area contributed by atoms with Crippen LogP contribution in [0.25, 0.3) is 0 Å². The molecule has 1 aromatic rings. The Kier molecular flexibility index (Phi) is 4.11. The van der Waals surface area contributed by atoms with Crippen LogP contribution in [0.1, 0.15) is 19.4 Å². The van der Waals surface area contributed by atoms with E-state index in [-0.39, 0.29) is 22.7 Å². The molecule has 1 fully saturated rings. The zero-order valence-electron chi connectivity index (χ0n) is 13.1. The summed E-state index contributed by atoms with van der Waals surface area (Å²) in [5.74, 6) is 0.152. The minimum Gasteiger partial charge on any atom is -0.336 e. The van der Waals surface area contributed by atoms with Crippen LogP contribution in [0.3, 0.4) is 0 Å². The lowest BCUT2D eigenvalue weighted by Crippen LogP contribution is -2.54. The van der Waals surface area contributed by atoms with Crippen LogP contribution in [0, 0.1) is 0 Å². The number of carbonyl (C=O) groups excluding carboxylic acids is 1. The fourth-order valence-electron chi connectivity index (χ4n) is 2.89. The van der Waals surface area contributed by atoms with Gasteiger partial charge in [0, 0.05) is 31.2 Å². The molecule has 7 nitrogen and oxygen atoms in total. The summed E-state index contributed by atoms with van der Waals surface area (Å²) in [6.45, 7) is 5.83. The Morgan fingerprint density at radius 1 is 1.39 bits per heavy atom. The molecule has 2 unspecified atom stereocenters. The normalized spacial score (nSPS) is 25.7. The van der Waals surface area contributed by atoms with Crippen LogP contribution in [-0.2, 0) is 14.8 Å². The van der Waals surface area contributed by atoms with Gasteiger partial charge < -0.3 is 10.2 Å². The molecule has 124 valence electrons. The van der Waals surface area contributed by atoms with Crippen molar-refractivity contribution >= 4 is 21.8 Å². The van der Waals surface area contributed by atoms with Crippen LogP contribution in [0.15, 0.2) is 34.2 Å². The molecule has 1 saturated heterocycles. The van der Waals surface area contributed by atoms with E-state index in [1.165, 1.54) is 6.07 Å². The van der Waals surface area contributed by atoms with E-state index in [1.807, 2.05) is 6.92 Å². The molecule has 0 radical (unpaired) electrons. The highest BCUT2D eigenvalue weighted by molar-refractivity contribution is 7.90. The van der Waals surface area contributed by atoms with Crippen LogP contribution in [0.2, 0.25) is 0 Å². The van der Waals surface area contributed by atoms with Crippen LogP contribution >= 0.6 is 0 Å². The van der Waals surface area contributed by atoms with Gasteiger partial charge in [-0.1, -0.05) is 12.1 Å². The third-order valence-corrected chi connectivity index (χ3v) is 5.52. The second-order valence-corrected chi connectivity index (χ2v) is 7.49. The molecule has 2 aliphatic rings. The molecule has 0 aromatic heterocycles. The van der Waals surface area contributed by atoms with Gasteiger partial charge in [-0.3, -0.25) is 14.5 Å². The maximum atomic E-state index is 12.6. The van der Waals surface area contributed by atoms with Crippen molar-refractivity contribution in [2.45, 2.75) is 30.8 Å². The van der Waals surface area contributed by atoms with E-state index in [9.17, 15) is 13.2 Å². The van der Waals surface area contributed by atoms with Crippen LogP contribution in [-0.4, -0.2) is 56.8 Å². The highest BCUT2D eigenvalue weighted by Crippen LogP contribution is 2.22. The summed E-state index contributed by atoms with van der Waals surface area (Å²) in [5, 5.41) is 3.23. The first-order valence-electron chi connectivity index (χ1n) is 7.61. The largest absolute Gasteiger partial charge is 0.336 e. The molecule has 2 atom stereocenters. The van der Waals surface area contributed by atoms with Gasteiger partial charge in [0.15, 0.2) is 0 Å². The number of benzene rings is 1. The number of carbonyl (C=O) groups is 1. The summed E-state index contributed by atoms with van der Waals surface area (Å²) in [4.78, 5) is 18.9. The van der Waals surface area contributed by atoms with Gasteiger partial charge in [0.05, 0.1) is 4.90 Å². The fourth-order valence-corrected chi connectivity index (χ4v) is 4.13. The highest BCUT2D eigenvalue weighted by Gasteiger charge is 2.32. The average Bonchev–Trinajstić information content (AvgIpc) is 2.78. The van der Waals surface area contributed by atoms with Crippen molar-refractivity contribution in [2.75, 3.05) is 19.6 Å². The zero-order chi connectivity index (χ0) is 16.6. The zero-order valence-corrected chi connectivity index (χ0v) is 13.9. The first kappa shape index (κ1) is 15.9. The van der Waals surface area contributed by atoms with Crippen molar-refractivity contribution in [2.24, 2.45) is 4.99 Å². The van der Waals surface area contributed by atoms with Gasteiger partial charge >= 0.3 is 0 Å². The third-order valence-electron chi connectivity index (χ3n) is 4.13. The smallest absolute Gasteiger partial charge is 0.263 e. The van der Waals surface area contributed by atoms with Crippen molar-refractivity contribution in [1.29, 1.82) is 0 Å². The van der Waals surface area contributed by atoms with Crippen molar-refractivity contribution < 1.29 is 13.2 Å². The maximum Gasteiger partial charge on any atom is 0.263 e. The topological polar surface area (TPSA) is 90.9 Å². The van der Waals surface area contributed by atoms with E-state index in [0.29, 0.717) is 12.1 Å². The van der Waals surface area contributed by atoms with Crippen molar-refractivity contribution in [1.82, 2.24) is 14.9 Å². The molecular weight excluding hydrogens is 316 g/mol. The second-order valence-electron chi connectivity index (χ2n) is 5.84. The second kappa shape index (κ2) is 5.93. The van der Waals surface area contributed by atoms with Gasteiger partial charge in [0.25, 0.3) is 10.0 Å². The SMILES string of the molecule is CC(N=C1NS(=O)(=O)c2ccccc21)C(=O)N1CCNCC1C. The lowest BCUT2D eigenvalue weighted by atomic mass is 10.1. The van der Waals surface area contributed by atoms with Crippen LogP contribution in [0.5, 0.6) is 0 Å². The standard InChI is InChI=1S/C15H20N4O3S/c1-10-9-16-7-8-19(10)15(20)11(2)17-14-12-5-3-4-6-13(12)23(21,22)18-14/h3-6,10-11,16H,7-9H2,1-2H3,(H,17,18). The molecule has 0 bridgehead atoms. The number of rotatable bonds is 2. The number of hydrogen-bond donors (Lipinski definition) is 2. The lowest BCUT2D eigenvalue weighted by molar-refractivity contribution is -0.134. The van der Waals surface area contributed by atoms with Gasteiger partial charge in [-0.05, 0) is 26.0 Å². The molecule has 2 aliphatic heterocycles. The monoisotopic (exact) mass is 336 g/mol. The summed E-state index contributed by atoms with van der Waals surface area (Å²) in [5.41, 5.74) is 0.514. The van der Waals surface area contributed by atoms with E-state index in [4.69, 9.17) is 0 Å². The van der Waals surface area contributed by atoms with Gasteiger partial charge in [-0.2, -0.15) is 0 Å². The molecule has 1 aromatic carbocycles. The fraction of sp³-hybridized carbons (Fsp3) is 0.467. The number of amides is 1. The summed E-state index contributed by atoms with van der Waals surface area (Å²) in [7, 11) is -3.58. The van der Waals surface area contributed by atoms with Crippen LogP contribution in [0.4, 0.5) is 0 Å². The van der Waals surface area contributed by atoms with Gasteiger partial charge in [-0.25, -0.2) is 8.42 Å². The lowest BCUT2D eigenvalue weighted by Gasteiger charge is -2.35. The minimum atomic E-state index is -3.58. The number of nitrogens with one attached hydrogen (secondary N) is 2. The number of fused-ring (bicyclic) bond motifs is 1. The molecule has 0 saturated carbocycles. The average molecular weight is 336 g/mol. The van der Waals surface area contributed by atoms with Crippen molar-refractivity contribution in [3.63, 3.8) is 0 Å². The molecule has 8 heteroatoms. The summed E-state index contributed by atoms with van der Waals surface area (Å²) >= 11 is 0. The Morgan fingerprint density at radius 3 is 2.87 bits per heavy atom. The first-order chi connectivity index (χ1) is 10.9. The molecular formula is C15H20N4O3S. The van der Waals surface area contributed by atoms with E-state index in [1.54, 1.807) is 30.0 Å². The molecule has 1 amide bonds. The minimum absolute atomic E-state index is 0.0879. The van der Waals surface area contributed by atoms with Gasteiger partial charge in [-0.15, -0.1) is 0 Å². The van der Waals surface area contributed by atoms with E-state index in [0.717, 1.165) is 13.1 Å². The number of piperazine rings is 1. The van der Waals surface area contributed by atoms with Gasteiger partial charge in [0.2, 0.25) is 5.91 Å². The van der Waals surface area contributed by atoms with Crippen LogP contribution < -0.4 is 10.0 Å². The predicted octanol–water partition coefficient (Wildman–Crippen LogP) is -0.0661. The molecule has 2 N–H and O–H groups in total. The highest BCUT2D eigenvalue weighted by atomic mass is 32.2. The van der Waals surface area contributed by atoms with Crippen molar-refractivity contribution in [3.8, 4) is 0 Å². The molecule has 3 rings (SSSR count). The number of nitrogens with zero attached hydrogens (tertiary/aromatic N) is 2. The summed E-state index contributed by atoms with van der Waals surface area (Å²) < 4.78 is 26.6. The molecule has 2 heterocycles. The Labute approximate surface area is 135 Å². The Hall–Kier alpha value is -1.93. The van der Waals surface area contributed by atoms with E-state index in [2.05, 4.69) is 15.0 Å². The van der Waals surface area contributed by atoms with Gasteiger partial charge in [0.1, 0.15) is 11.9 Å². The first-order valence-corrected chi connectivity index (χ1v) is 9.09. The number of hydrogen-bond acceptors (Lipinski definition) is 5. The number of aliphatic imine (C=N–C) groups is 1. The molecule has 0 spiro atoms. The Morgan fingerprint density at radius 2 is 2.13 bits per heavy atom. The molecule has 0 aliphatic carbocycles. The third kappa shape index (κ3) is 2.96. The van der Waals surface area contributed by atoms with Crippen molar-refractivity contribution in [3.05, 3.63) is 29.8 Å². The molecule has 23 heavy (non-hydrogen) atoms. The maximum absolute atomic E-state index is 12.6. The predicted molar refractivity (Wildman–Crippen MR) is 86.8 cm³/mol. The Balaban J connectivity index is 1.86. The quantitative estimate of drug-likeness (QED) is 0.791. The number of sulfonamides is 1. The summed E-state index contributed by atoms with van der Waals surface area (Å²) in [6.07, 6.45) is 0. The van der Waals surface area contributed by atoms with E-state index < -0.39 is 16.1 Å².